The molecule has 1 aliphatic rings. The van der Waals surface area contributed by atoms with Crippen LogP contribution >= 0.6 is 23.2 Å². The second-order valence-electron chi connectivity index (χ2n) is 9.12. The van der Waals surface area contributed by atoms with Crippen molar-refractivity contribution in [1.29, 1.82) is 0 Å². The Bertz CT molecular complexity index is 1260. The van der Waals surface area contributed by atoms with Gasteiger partial charge in [0.2, 0.25) is 11.9 Å². The van der Waals surface area contributed by atoms with Gasteiger partial charge in [0.1, 0.15) is 6.04 Å². The van der Waals surface area contributed by atoms with Crippen molar-refractivity contribution >= 4 is 52.6 Å². The van der Waals surface area contributed by atoms with Gasteiger partial charge in [0, 0.05) is 36.5 Å². The molecule has 4 N–H and O–H groups in total. The van der Waals surface area contributed by atoms with Crippen LogP contribution in [0.4, 0.5) is 11.6 Å². The van der Waals surface area contributed by atoms with Gasteiger partial charge in [-0.05, 0) is 61.6 Å². The summed E-state index contributed by atoms with van der Waals surface area (Å²) in [6.45, 7) is 0. The number of anilines is 2. The SMILES string of the molecule is O=C(N[C@@H](Cc1ccc(NC(=O)[C@H]2CC[C@@H](Nc3ncccn3)CC2)cc1)C(=O)O)c1c(Cl)cccc1Cl. The van der Waals surface area contributed by atoms with Gasteiger partial charge in [-0.1, -0.05) is 41.4 Å². The first-order chi connectivity index (χ1) is 18.3. The van der Waals surface area contributed by atoms with Crippen molar-refractivity contribution < 1.29 is 19.5 Å². The summed E-state index contributed by atoms with van der Waals surface area (Å²) in [6, 6.07) is 12.3. The van der Waals surface area contributed by atoms with Gasteiger partial charge in [-0.3, -0.25) is 9.59 Å². The van der Waals surface area contributed by atoms with Gasteiger partial charge >= 0.3 is 5.97 Å². The molecule has 1 aromatic heterocycles. The molecule has 1 aliphatic carbocycles. The summed E-state index contributed by atoms with van der Waals surface area (Å²) in [4.78, 5) is 45.6. The Balaban J connectivity index is 1.29. The number of benzene rings is 2. The average molecular weight is 556 g/mol. The molecule has 2 aromatic carbocycles. The van der Waals surface area contributed by atoms with Crippen LogP contribution in [-0.4, -0.2) is 44.9 Å². The Morgan fingerprint density at radius 2 is 1.55 bits per heavy atom. The fourth-order valence-electron chi connectivity index (χ4n) is 4.41. The number of rotatable bonds is 9. The number of carbonyl (C=O) groups excluding carboxylic acids is 2. The Morgan fingerprint density at radius 3 is 2.16 bits per heavy atom. The van der Waals surface area contributed by atoms with Crippen molar-refractivity contribution in [2.75, 3.05) is 10.6 Å². The van der Waals surface area contributed by atoms with Crippen molar-refractivity contribution in [1.82, 2.24) is 15.3 Å². The summed E-state index contributed by atoms with van der Waals surface area (Å²) >= 11 is 12.1. The number of hydrogen-bond acceptors (Lipinski definition) is 6. The summed E-state index contributed by atoms with van der Waals surface area (Å²) in [5, 5.41) is 18.6. The highest BCUT2D eigenvalue weighted by molar-refractivity contribution is 6.39. The quantitative estimate of drug-likeness (QED) is 0.297. The molecule has 1 fully saturated rings. The third kappa shape index (κ3) is 7.20. The number of aromatic nitrogens is 2. The zero-order valence-corrected chi connectivity index (χ0v) is 21.9. The predicted molar refractivity (Wildman–Crippen MR) is 146 cm³/mol. The molecular weight excluding hydrogens is 529 g/mol. The van der Waals surface area contributed by atoms with Crippen molar-refractivity contribution in [2.45, 2.75) is 44.2 Å². The van der Waals surface area contributed by atoms with Crippen LogP contribution in [0.25, 0.3) is 0 Å². The topological polar surface area (TPSA) is 133 Å². The number of carboxylic acid groups (broad SMARTS) is 1. The molecule has 1 saturated carbocycles. The smallest absolute Gasteiger partial charge is 0.326 e. The van der Waals surface area contributed by atoms with E-state index in [1.165, 1.54) is 12.1 Å². The molecule has 3 aromatic rings. The van der Waals surface area contributed by atoms with Crippen LogP contribution in [0.15, 0.2) is 60.9 Å². The molecule has 1 atom stereocenters. The summed E-state index contributed by atoms with van der Waals surface area (Å²) in [5.74, 6) is -1.40. The average Bonchev–Trinajstić information content (AvgIpc) is 2.90. The first-order valence-corrected chi connectivity index (χ1v) is 13.0. The Labute approximate surface area is 230 Å². The van der Waals surface area contributed by atoms with Crippen molar-refractivity contribution in [2.24, 2.45) is 5.92 Å². The lowest BCUT2D eigenvalue weighted by molar-refractivity contribution is -0.139. The third-order valence-corrected chi connectivity index (χ3v) is 7.08. The molecule has 11 heteroatoms. The van der Waals surface area contributed by atoms with E-state index in [4.69, 9.17) is 23.2 Å². The number of aliphatic carboxylic acids is 1. The van der Waals surface area contributed by atoms with E-state index < -0.39 is 17.9 Å². The lowest BCUT2D eigenvalue weighted by Crippen LogP contribution is -2.42. The van der Waals surface area contributed by atoms with Crippen LogP contribution in [0.1, 0.15) is 41.6 Å². The zero-order chi connectivity index (χ0) is 27.1. The number of amides is 2. The Kier molecular flexibility index (Phi) is 9.15. The van der Waals surface area contributed by atoms with Crippen LogP contribution in [0.5, 0.6) is 0 Å². The monoisotopic (exact) mass is 555 g/mol. The first kappa shape index (κ1) is 27.3. The van der Waals surface area contributed by atoms with Crippen LogP contribution in [-0.2, 0) is 16.0 Å². The number of hydrogen-bond donors (Lipinski definition) is 4. The van der Waals surface area contributed by atoms with Gasteiger partial charge in [0.15, 0.2) is 0 Å². The van der Waals surface area contributed by atoms with E-state index in [9.17, 15) is 19.5 Å². The third-order valence-electron chi connectivity index (χ3n) is 6.45. The van der Waals surface area contributed by atoms with Crippen LogP contribution in [0.3, 0.4) is 0 Å². The van der Waals surface area contributed by atoms with Gasteiger partial charge in [-0.15, -0.1) is 0 Å². The molecule has 4 rings (SSSR count). The number of halogens is 2. The van der Waals surface area contributed by atoms with Gasteiger partial charge in [-0.2, -0.15) is 0 Å². The number of carboxylic acids is 1. The molecule has 9 nitrogen and oxygen atoms in total. The summed E-state index contributed by atoms with van der Waals surface area (Å²) < 4.78 is 0. The second kappa shape index (κ2) is 12.7. The minimum absolute atomic E-state index is 0.0263. The van der Waals surface area contributed by atoms with E-state index in [1.807, 2.05) is 0 Å². The molecule has 0 radical (unpaired) electrons. The van der Waals surface area contributed by atoms with Crippen molar-refractivity contribution in [3.05, 3.63) is 82.1 Å². The van der Waals surface area contributed by atoms with Crippen molar-refractivity contribution in [3.63, 3.8) is 0 Å². The molecule has 38 heavy (non-hydrogen) atoms. The van der Waals surface area contributed by atoms with E-state index in [0.717, 1.165) is 25.7 Å². The normalized spacial score (nSPS) is 17.7. The van der Waals surface area contributed by atoms with Crippen molar-refractivity contribution in [3.8, 4) is 0 Å². The molecule has 198 valence electrons. The highest BCUT2D eigenvalue weighted by Gasteiger charge is 2.27. The maximum absolute atomic E-state index is 12.8. The molecule has 1 heterocycles. The van der Waals surface area contributed by atoms with E-state index >= 15 is 0 Å². The fraction of sp³-hybridized carbons (Fsp3) is 0.296. The maximum atomic E-state index is 12.8. The molecular formula is C27H27Cl2N5O4. The highest BCUT2D eigenvalue weighted by Crippen LogP contribution is 2.27. The Morgan fingerprint density at radius 1 is 0.921 bits per heavy atom. The zero-order valence-electron chi connectivity index (χ0n) is 20.4. The molecule has 0 unspecified atom stereocenters. The van der Waals surface area contributed by atoms with Gasteiger partial charge < -0.3 is 21.1 Å². The first-order valence-electron chi connectivity index (χ1n) is 12.2. The number of nitrogens with one attached hydrogen (secondary N) is 3. The van der Waals surface area contributed by atoms with E-state index in [2.05, 4.69) is 25.9 Å². The second-order valence-corrected chi connectivity index (χ2v) is 9.93. The standard InChI is InChI=1S/C27H27Cl2N5O4/c28-20-3-1-4-21(29)23(20)25(36)34-22(26(37)38)15-16-5-9-18(10-6-16)32-24(35)17-7-11-19(12-8-17)33-27-30-13-2-14-31-27/h1-6,9-10,13-14,17,19,22H,7-8,11-12,15H2,(H,32,35)(H,34,36)(H,37,38)(H,30,31,33)/t17-,19+,22-/m0/s1. The lowest BCUT2D eigenvalue weighted by Gasteiger charge is -2.28. The van der Waals surface area contributed by atoms with Crippen LogP contribution in [0, 0.1) is 5.92 Å². The molecule has 0 spiro atoms. The predicted octanol–water partition coefficient (Wildman–Crippen LogP) is 4.82. The lowest BCUT2D eigenvalue weighted by atomic mass is 9.85. The molecule has 0 saturated heterocycles. The summed E-state index contributed by atoms with van der Waals surface area (Å²) in [6.07, 6.45) is 6.61. The molecule has 0 bridgehead atoms. The minimum atomic E-state index is -1.19. The summed E-state index contributed by atoms with van der Waals surface area (Å²) in [7, 11) is 0. The molecule has 2 amide bonds. The fourth-order valence-corrected chi connectivity index (χ4v) is 4.97. The van der Waals surface area contributed by atoms with E-state index in [1.54, 1.807) is 48.8 Å². The largest absolute Gasteiger partial charge is 0.480 e. The Hall–Kier alpha value is -3.69. The highest BCUT2D eigenvalue weighted by atomic mass is 35.5. The number of nitrogens with zero attached hydrogens (tertiary/aromatic N) is 2. The van der Waals surface area contributed by atoms with Crippen LogP contribution in [0.2, 0.25) is 10.0 Å². The minimum Gasteiger partial charge on any atom is -0.480 e. The van der Waals surface area contributed by atoms with E-state index in [0.29, 0.717) is 17.2 Å². The van der Waals surface area contributed by atoms with E-state index in [-0.39, 0.29) is 39.9 Å². The number of carbonyl (C=O) groups is 3. The van der Waals surface area contributed by atoms with Crippen LogP contribution < -0.4 is 16.0 Å². The summed E-state index contributed by atoms with van der Waals surface area (Å²) in [5.41, 5.74) is 1.32. The van der Waals surface area contributed by atoms with Gasteiger partial charge in [0.25, 0.3) is 5.91 Å². The maximum Gasteiger partial charge on any atom is 0.326 e. The molecule has 0 aliphatic heterocycles. The van der Waals surface area contributed by atoms with Gasteiger partial charge in [-0.25, -0.2) is 14.8 Å². The van der Waals surface area contributed by atoms with Gasteiger partial charge in [0.05, 0.1) is 15.6 Å².